The summed E-state index contributed by atoms with van der Waals surface area (Å²) in [4.78, 5) is 17.0. The molecule has 5 heteroatoms. The van der Waals surface area contributed by atoms with Gasteiger partial charge in [0.15, 0.2) is 0 Å². The molecule has 3 unspecified atom stereocenters. The summed E-state index contributed by atoms with van der Waals surface area (Å²) in [6, 6.07) is 0. The predicted octanol–water partition coefficient (Wildman–Crippen LogP) is 0.894. The minimum Gasteiger partial charge on any atom is -0.303 e. The van der Waals surface area contributed by atoms with Gasteiger partial charge in [-0.05, 0) is 31.1 Å². The maximum Gasteiger partial charge on any atom is 0.469 e. The van der Waals surface area contributed by atoms with Crippen LogP contribution in [0.4, 0.5) is 0 Å². The van der Waals surface area contributed by atoms with Crippen LogP contribution in [0.2, 0.25) is 0 Å². The van der Waals surface area contributed by atoms with E-state index in [1.165, 1.54) is 0 Å². The number of phosphoric ester groups is 1. The van der Waals surface area contributed by atoms with Crippen LogP contribution in [0.3, 0.4) is 0 Å². The number of hydrogen-bond acceptors (Lipinski definition) is 2. The van der Waals surface area contributed by atoms with E-state index in [4.69, 9.17) is 9.79 Å². The summed E-state index contributed by atoms with van der Waals surface area (Å²) in [6.07, 6.45) is 2.83. The molecule has 2 aliphatic carbocycles. The van der Waals surface area contributed by atoms with Gasteiger partial charge in [0.25, 0.3) is 0 Å². The van der Waals surface area contributed by atoms with Gasteiger partial charge in [-0.2, -0.15) is 0 Å². The van der Waals surface area contributed by atoms with Crippen LogP contribution in [-0.2, 0) is 9.09 Å². The monoisotopic (exact) mass is 178 g/mol. The molecular formula is C6H11O4P. The van der Waals surface area contributed by atoms with Crippen molar-refractivity contribution in [1.29, 1.82) is 0 Å². The molecule has 11 heavy (non-hydrogen) atoms. The lowest BCUT2D eigenvalue weighted by molar-refractivity contribution is 0.123. The van der Waals surface area contributed by atoms with E-state index < -0.39 is 7.82 Å². The Morgan fingerprint density at radius 2 is 2.09 bits per heavy atom. The molecule has 0 aromatic heterocycles. The van der Waals surface area contributed by atoms with Gasteiger partial charge in [0.1, 0.15) is 0 Å². The molecule has 2 aliphatic rings. The summed E-state index contributed by atoms with van der Waals surface area (Å²) in [6.45, 7) is 0. The second-order valence-corrected chi connectivity index (χ2v) is 4.56. The lowest BCUT2D eigenvalue weighted by Crippen LogP contribution is -2.09. The molecule has 0 radical (unpaired) electrons. The molecule has 0 heterocycles. The van der Waals surface area contributed by atoms with Gasteiger partial charge in [0, 0.05) is 0 Å². The van der Waals surface area contributed by atoms with E-state index in [1.807, 2.05) is 0 Å². The SMILES string of the molecule is O=P(O)(O)OC1CCC2CC21. The Morgan fingerprint density at radius 1 is 1.36 bits per heavy atom. The molecule has 0 bridgehead atoms. The minimum absolute atomic E-state index is 0.166. The van der Waals surface area contributed by atoms with Gasteiger partial charge in [-0.25, -0.2) is 4.57 Å². The minimum atomic E-state index is -4.23. The van der Waals surface area contributed by atoms with Crippen molar-refractivity contribution in [3.63, 3.8) is 0 Å². The Balaban J connectivity index is 1.92. The molecule has 0 amide bonds. The van der Waals surface area contributed by atoms with Crippen LogP contribution >= 0.6 is 7.82 Å². The lowest BCUT2D eigenvalue weighted by Gasteiger charge is -2.12. The van der Waals surface area contributed by atoms with E-state index in [0.29, 0.717) is 11.8 Å². The molecule has 0 spiro atoms. The summed E-state index contributed by atoms with van der Waals surface area (Å²) in [7, 11) is -4.23. The fourth-order valence-electron chi connectivity index (χ4n) is 1.96. The highest BCUT2D eigenvalue weighted by Crippen LogP contribution is 2.56. The van der Waals surface area contributed by atoms with Crippen LogP contribution in [-0.4, -0.2) is 15.9 Å². The predicted molar refractivity (Wildman–Crippen MR) is 37.7 cm³/mol. The average Bonchev–Trinajstić information content (AvgIpc) is 2.50. The Kier molecular flexibility index (Phi) is 1.62. The molecule has 64 valence electrons. The van der Waals surface area contributed by atoms with Crippen molar-refractivity contribution < 1.29 is 18.9 Å². The van der Waals surface area contributed by atoms with Crippen LogP contribution in [0.15, 0.2) is 0 Å². The Morgan fingerprint density at radius 3 is 2.45 bits per heavy atom. The number of rotatable bonds is 2. The first-order valence-corrected chi connectivity index (χ1v) is 5.33. The van der Waals surface area contributed by atoms with E-state index in [0.717, 1.165) is 19.3 Å². The maximum atomic E-state index is 10.4. The molecule has 2 rings (SSSR count). The van der Waals surface area contributed by atoms with Crippen LogP contribution < -0.4 is 0 Å². The Labute approximate surface area is 64.8 Å². The summed E-state index contributed by atoms with van der Waals surface area (Å²) in [5, 5.41) is 0. The van der Waals surface area contributed by atoms with Crippen LogP contribution in [0.25, 0.3) is 0 Å². The smallest absolute Gasteiger partial charge is 0.303 e. The van der Waals surface area contributed by atoms with E-state index in [2.05, 4.69) is 4.52 Å². The quantitative estimate of drug-likeness (QED) is 0.616. The third-order valence-corrected chi connectivity index (χ3v) is 3.09. The van der Waals surface area contributed by atoms with E-state index in [9.17, 15) is 4.57 Å². The van der Waals surface area contributed by atoms with Gasteiger partial charge in [-0.1, -0.05) is 0 Å². The van der Waals surface area contributed by atoms with Crippen molar-refractivity contribution in [2.75, 3.05) is 0 Å². The van der Waals surface area contributed by atoms with Gasteiger partial charge in [0.05, 0.1) is 6.10 Å². The second kappa shape index (κ2) is 2.30. The fourth-order valence-corrected chi connectivity index (χ4v) is 2.57. The van der Waals surface area contributed by atoms with Crippen molar-refractivity contribution >= 4 is 7.82 Å². The lowest BCUT2D eigenvalue weighted by atomic mass is 10.2. The van der Waals surface area contributed by atoms with E-state index >= 15 is 0 Å². The van der Waals surface area contributed by atoms with Crippen molar-refractivity contribution in [3.8, 4) is 0 Å². The number of phosphoric acid groups is 1. The first kappa shape index (κ1) is 7.74. The van der Waals surface area contributed by atoms with Gasteiger partial charge in [-0.15, -0.1) is 0 Å². The third kappa shape index (κ3) is 1.64. The maximum absolute atomic E-state index is 10.4. The van der Waals surface area contributed by atoms with Crippen molar-refractivity contribution in [3.05, 3.63) is 0 Å². The zero-order valence-electron chi connectivity index (χ0n) is 6.01. The van der Waals surface area contributed by atoms with Gasteiger partial charge in [0.2, 0.25) is 0 Å². The van der Waals surface area contributed by atoms with Crippen LogP contribution in [0.5, 0.6) is 0 Å². The average molecular weight is 178 g/mol. The van der Waals surface area contributed by atoms with Gasteiger partial charge in [-0.3, -0.25) is 4.52 Å². The molecule has 2 fully saturated rings. The highest BCUT2D eigenvalue weighted by Gasteiger charge is 2.50. The molecule has 3 atom stereocenters. The van der Waals surface area contributed by atoms with Crippen LogP contribution in [0, 0.1) is 11.8 Å². The highest BCUT2D eigenvalue weighted by molar-refractivity contribution is 7.46. The molecule has 2 N–H and O–H groups in total. The summed E-state index contributed by atoms with van der Waals surface area (Å²) < 4.78 is 15.0. The Bertz CT molecular complexity index is 211. The zero-order chi connectivity index (χ0) is 8.06. The van der Waals surface area contributed by atoms with Gasteiger partial charge >= 0.3 is 7.82 Å². The topological polar surface area (TPSA) is 66.8 Å². The Hall–Kier alpha value is 0.110. The van der Waals surface area contributed by atoms with E-state index in [1.54, 1.807) is 0 Å². The van der Waals surface area contributed by atoms with E-state index in [-0.39, 0.29) is 6.10 Å². The summed E-state index contributed by atoms with van der Waals surface area (Å²) in [5.41, 5.74) is 0. The molecule has 0 aromatic carbocycles. The molecule has 0 saturated heterocycles. The first-order valence-electron chi connectivity index (χ1n) is 3.80. The second-order valence-electron chi connectivity index (χ2n) is 3.37. The standard InChI is InChI=1S/C6H11O4P/c7-11(8,9)10-6-2-1-4-3-5(4)6/h4-6H,1-3H2,(H2,7,8,9). The van der Waals surface area contributed by atoms with Gasteiger partial charge < -0.3 is 9.79 Å². The summed E-state index contributed by atoms with van der Waals surface area (Å²) in [5.74, 6) is 1.15. The number of hydrogen-bond donors (Lipinski definition) is 2. The molecule has 0 aromatic rings. The van der Waals surface area contributed by atoms with Crippen molar-refractivity contribution in [1.82, 2.24) is 0 Å². The van der Waals surface area contributed by atoms with Crippen molar-refractivity contribution in [2.45, 2.75) is 25.4 Å². The summed E-state index contributed by atoms with van der Waals surface area (Å²) >= 11 is 0. The molecule has 2 saturated carbocycles. The molecular weight excluding hydrogens is 167 g/mol. The van der Waals surface area contributed by atoms with Crippen LogP contribution in [0.1, 0.15) is 19.3 Å². The highest BCUT2D eigenvalue weighted by atomic mass is 31.2. The molecule has 0 aliphatic heterocycles. The first-order chi connectivity index (χ1) is 5.06. The molecule has 4 nitrogen and oxygen atoms in total. The number of fused-ring (bicyclic) bond motifs is 1. The fraction of sp³-hybridized carbons (Fsp3) is 1.00. The zero-order valence-corrected chi connectivity index (χ0v) is 6.91. The normalized spacial score (nSPS) is 42.2. The van der Waals surface area contributed by atoms with Crippen molar-refractivity contribution in [2.24, 2.45) is 11.8 Å². The largest absolute Gasteiger partial charge is 0.469 e. The third-order valence-electron chi connectivity index (χ3n) is 2.55.